The summed E-state index contributed by atoms with van der Waals surface area (Å²) in [4.78, 5) is 35.1. The van der Waals surface area contributed by atoms with E-state index in [0.29, 0.717) is 6.07 Å². The molecule has 4 rings (SSSR count). The van der Waals surface area contributed by atoms with Crippen LogP contribution in [0.2, 0.25) is 0 Å². The Hall–Kier alpha value is -4.44. The zero-order valence-corrected chi connectivity index (χ0v) is 19.6. The molecule has 0 radical (unpaired) electrons. The van der Waals surface area contributed by atoms with Gasteiger partial charge in [0.1, 0.15) is 17.7 Å². The summed E-state index contributed by atoms with van der Waals surface area (Å²) in [7, 11) is 0. The van der Waals surface area contributed by atoms with Crippen molar-refractivity contribution in [2.75, 3.05) is 21.7 Å². The molecule has 188 valence electrons. The van der Waals surface area contributed by atoms with Crippen molar-refractivity contribution in [3.05, 3.63) is 77.5 Å². The number of nitrogens with zero attached hydrogens (tertiary/aromatic N) is 5. The molecule has 2 aromatic heterocycles. The van der Waals surface area contributed by atoms with Gasteiger partial charge in [-0.05, 0) is 55.0 Å². The summed E-state index contributed by atoms with van der Waals surface area (Å²) < 4.78 is 55.4. The Labute approximate surface area is 213 Å². The zero-order valence-electron chi connectivity index (χ0n) is 18.8. The van der Waals surface area contributed by atoms with Gasteiger partial charge in [-0.25, -0.2) is 14.4 Å². The number of benzene rings is 1. The van der Waals surface area contributed by atoms with Gasteiger partial charge < -0.3 is 10.2 Å². The SMILES string of the molecule is N#Cc1ncc(N2C(=O)CCCN(c3ccc(C(=O)Nc4ccccn4)c(F)c3)C2=S)cc1C(F)(F)F. The Morgan fingerprint density at radius 3 is 2.57 bits per heavy atom. The predicted octanol–water partition coefficient (Wildman–Crippen LogP) is 4.68. The van der Waals surface area contributed by atoms with Gasteiger partial charge in [-0.15, -0.1) is 0 Å². The molecule has 1 aliphatic rings. The number of nitriles is 1. The molecule has 0 saturated carbocycles. The van der Waals surface area contributed by atoms with Crippen molar-refractivity contribution in [3.63, 3.8) is 0 Å². The fourth-order valence-electron chi connectivity index (χ4n) is 3.67. The van der Waals surface area contributed by atoms with Gasteiger partial charge >= 0.3 is 6.18 Å². The second kappa shape index (κ2) is 10.3. The third-order valence-electron chi connectivity index (χ3n) is 5.40. The van der Waals surface area contributed by atoms with E-state index >= 15 is 0 Å². The van der Waals surface area contributed by atoms with Crippen molar-refractivity contribution < 1.29 is 27.2 Å². The molecule has 13 heteroatoms. The lowest BCUT2D eigenvalue weighted by atomic mass is 10.1. The maximum absolute atomic E-state index is 15.0. The van der Waals surface area contributed by atoms with Crippen LogP contribution >= 0.6 is 12.2 Å². The van der Waals surface area contributed by atoms with E-state index in [0.717, 1.165) is 17.2 Å². The van der Waals surface area contributed by atoms with E-state index < -0.39 is 35.1 Å². The fraction of sp³-hybridized carbons (Fsp3) is 0.167. The van der Waals surface area contributed by atoms with Gasteiger partial charge in [-0.3, -0.25) is 14.5 Å². The molecule has 3 aromatic rings. The first-order chi connectivity index (χ1) is 17.6. The van der Waals surface area contributed by atoms with Crippen LogP contribution in [0.3, 0.4) is 0 Å². The quantitative estimate of drug-likeness (QED) is 0.388. The van der Waals surface area contributed by atoms with E-state index in [1.807, 2.05) is 0 Å². The van der Waals surface area contributed by atoms with E-state index in [4.69, 9.17) is 17.5 Å². The molecule has 0 bridgehead atoms. The molecule has 0 atom stereocenters. The maximum atomic E-state index is 15.0. The van der Waals surface area contributed by atoms with Crippen molar-refractivity contribution in [2.24, 2.45) is 0 Å². The van der Waals surface area contributed by atoms with Crippen molar-refractivity contribution in [2.45, 2.75) is 19.0 Å². The zero-order chi connectivity index (χ0) is 26.7. The van der Waals surface area contributed by atoms with Crippen LogP contribution in [0.1, 0.15) is 34.5 Å². The van der Waals surface area contributed by atoms with Gasteiger partial charge in [0.25, 0.3) is 5.91 Å². The molecule has 1 N–H and O–H groups in total. The Morgan fingerprint density at radius 2 is 1.92 bits per heavy atom. The largest absolute Gasteiger partial charge is 0.419 e. The van der Waals surface area contributed by atoms with Crippen LogP contribution < -0.4 is 15.1 Å². The molecule has 3 heterocycles. The number of hydrogen-bond acceptors (Lipinski definition) is 6. The smallest absolute Gasteiger partial charge is 0.318 e. The van der Waals surface area contributed by atoms with Crippen LogP contribution in [0.25, 0.3) is 0 Å². The minimum atomic E-state index is -4.89. The normalized spacial score (nSPS) is 14.2. The Morgan fingerprint density at radius 1 is 1.14 bits per heavy atom. The number of anilines is 3. The van der Waals surface area contributed by atoms with Crippen molar-refractivity contribution >= 4 is 46.3 Å². The number of amides is 2. The van der Waals surface area contributed by atoms with Crippen LogP contribution in [-0.4, -0.2) is 33.4 Å². The summed E-state index contributed by atoms with van der Waals surface area (Å²) in [5, 5.41) is 11.3. The lowest BCUT2D eigenvalue weighted by molar-refractivity contribution is -0.138. The highest BCUT2D eigenvalue weighted by Crippen LogP contribution is 2.34. The first-order valence-electron chi connectivity index (χ1n) is 10.7. The van der Waals surface area contributed by atoms with Crippen LogP contribution in [0.4, 0.5) is 34.8 Å². The molecule has 0 spiro atoms. The fourth-order valence-corrected chi connectivity index (χ4v) is 4.08. The number of nitrogens with one attached hydrogen (secondary N) is 1. The molecule has 8 nitrogen and oxygen atoms in total. The van der Waals surface area contributed by atoms with Crippen LogP contribution in [0.15, 0.2) is 54.9 Å². The second-order valence-electron chi connectivity index (χ2n) is 7.80. The topological polar surface area (TPSA) is 102 Å². The van der Waals surface area contributed by atoms with Gasteiger partial charge in [0.05, 0.1) is 23.0 Å². The molecule has 0 aliphatic carbocycles. The molecular weight excluding hydrogens is 512 g/mol. The van der Waals surface area contributed by atoms with E-state index in [2.05, 4.69) is 15.3 Å². The molecule has 1 aromatic carbocycles. The van der Waals surface area contributed by atoms with E-state index in [1.165, 1.54) is 35.4 Å². The molecule has 0 unspecified atom stereocenters. The summed E-state index contributed by atoms with van der Waals surface area (Å²) in [5.41, 5.74) is -2.51. The summed E-state index contributed by atoms with van der Waals surface area (Å²) in [6.45, 7) is 0.163. The average Bonchev–Trinajstić information content (AvgIpc) is 3.01. The van der Waals surface area contributed by atoms with Gasteiger partial charge in [0.2, 0.25) is 5.91 Å². The van der Waals surface area contributed by atoms with Crippen LogP contribution in [0, 0.1) is 17.1 Å². The molecular formula is C24H16F4N6O2S. The van der Waals surface area contributed by atoms with E-state index in [9.17, 15) is 27.2 Å². The summed E-state index contributed by atoms with van der Waals surface area (Å²) in [6.07, 6.45) is -2.25. The van der Waals surface area contributed by atoms with Gasteiger partial charge in [-0.2, -0.15) is 18.4 Å². The number of carbonyl (C=O) groups is 2. The Balaban J connectivity index is 1.65. The molecule has 2 amide bonds. The van der Waals surface area contributed by atoms with Crippen molar-refractivity contribution in [3.8, 4) is 6.07 Å². The molecule has 1 saturated heterocycles. The lowest BCUT2D eigenvalue weighted by Gasteiger charge is -2.30. The minimum Gasteiger partial charge on any atom is -0.318 e. The predicted molar refractivity (Wildman–Crippen MR) is 129 cm³/mol. The summed E-state index contributed by atoms with van der Waals surface area (Å²) in [5.74, 6) is -1.97. The summed E-state index contributed by atoms with van der Waals surface area (Å²) in [6, 6.07) is 10.5. The van der Waals surface area contributed by atoms with Crippen molar-refractivity contribution in [1.82, 2.24) is 9.97 Å². The number of pyridine rings is 2. The minimum absolute atomic E-state index is 0.0506. The highest BCUT2D eigenvalue weighted by atomic mass is 32.1. The number of alkyl halides is 3. The highest BCUT2D eigenvalue weighted by molar-refractivity contribution is 7.81. The Kier molecular flexibility index (Phi) is 7.12. The lowest BCUT2D eigenvalue weighted by Crippen LogP contribution is -2.44. The molecule has 1 aliphatic heterocycles. The molecule has 1 fully saturated rings. The number of carbonyl (C=O) groups excluding carboxylic acids is 2. The monoisotopic (exact) mass is 528 g/mol. The number of aromatic nitrogens is 2. The van der Waals surface area contributed by atoms with E-state index in [1.54, 1.807) is 12.1 Å². The third-order valence-corrected chi connectivity index (χ3v) is 5.81. The number of thiocarbonyl (C=S) groups is 1. The number of halogens is 4. The standard InChI is InChI=1S/C24H16F4N6O2S/c25-18-11-14(6-7-16(18)22(36)32-20-4-1-2-8-30-20)33-9-3-5-21(35)34(23(33)37)15-10-17(24(26,27)28)19(12-29)31-13-15/h1-2,4,6-8,10-11,13H,3,5,9H2,(H,30,32,36). The Bertz CT molecular complexity index is 1420. The van der Waals surface area contributed by atoms with Crippen molar-refractivity contribution in [1.29, 1.82) is 5.26 Å². The average molecular weight is 528 g/mol. The van der Waals surface area contributed by atoms with E-state index in [-0.39, 0.29) is 47.3 Å². The second-order valence-corrected chi connectivity index (χ2v) is 8.16. The molecule has 37 heavy (non-hydrogen) atoms. The highest BCUT2D eigenvalue weighted by Gasteiger charge is 2.37. The number of hydrogen-bond donors (Lipinski definition) is 1. The van der Waals surface area contributed by atoms with Crippen LogP contribution in [-0.2, 0) is 11.0 Å². The third kappa shape index (κ3) is 5.39. The van der Waals surface area contributed by atoms with Gasteiger partial charge in [0.15, 0.2) is 10.8 Å². The van der Waals surface area contributed by atoms with Gasteiger partial charge in [0, 0.05) is 24.8 Å². The number of rotatable bonds is 4. The first-order valence-corrected chi connectivity index (χ1v) is 11.1. The van der Waals surface area contributed by atoms with Gasteiger partial charge in [-0.1, -0.05) is 6.07 Å². The van der Waals surface area contributed by atoms with Crippen LogP contribution in [0.5, 0.6) is 0 Å². The maximum Gasteiger partial charge on any atom is 0.419 e. The first kappa shape index (κ1) is 25.6. The summed E-state index contributed by atoms with van der Waals surface area (Å²) >= 11 is 5.44.